The van der Waals surface area contributed by atoms with E-state index in [2.05, 4.69) is 26.4 Å². The first-order chi connectivity index (χ1) is 11.0. The van der Waals surface area contributed by atoms with Gasteiger partial charge in [-0.15, -0.1) is 0 Å². The van der Waals surface area contributed by atoms with Gasteiger partial charge >= 0.3 is 0 Å². The fourth-order valence-electron chi connectivity index (χ4n) is 2.88. The Labute approximate surface area is 136 Å². The van der Waals surface area contributed by atoms with E-state index >= 15 is 0 Å². The number of amides is 1. The summed E-state index contributed by atoms with van der Waals surface area (Å²) in [6.07, 6.45) is 3.91. The van der Waals surface area contributed by atoms with Crippen LogP contribution < -0.4 is 10.2 Å². The van der Waals surface area contributed by atoms with Gasteiger partial charge < -0.3 is 10.2 Å². The van der Waals surface area contributed by atoms with E-state index in [9.17, 15) is 4.79 Å². The van der Waals surface area contributed by atoms with E-state index in [1.54, 1.807) is 4.68 Å². The van der Waals surface area contributed by atoms with Crippen molar-refractivity contribution in [2.45, 2.75) is 32.7 Å². The summed E-state index contributed by atoms with van der Waals surface area (Å²) in [6.45, 7) is 5.73. The highest BCUT2D eigenvalue weighted by molar-refractivity contribution is 5.92. The zero-order valence-corrected chi connectivity index (χ0v) is 13.9. The Bertz CT molecular complexity index is 672. The van der Waals surface area contributed by atoms with E-state index in [4.69, 9.17) is 0 Å². The maximum Gasteiger partial charge on any atom is 0.272 e. The van der Waals surface area contributed by atoms with Gasteiger partial charge in [-0.2, -0.15) is 5.10 Å². The van der Waals surface area contributed by atoms with Crippen molar-refractivity contribution in [2.75, 3.05) is 18.0 Å². The van der Waals surface area contributed by atoms with E-state index in [1.165, 1.54) is 0 Å². The number of carbonyl (C=O) groups is 1. The molecule has 1 unspecified atom stereocenters. The molecule has 6 nitrogen and oxygen atoms in total. The Hall–Kier alpha value is -2.37. The molecule has 0 radical (unpaired) electrons. The molecular formula is C17H23N5O. The van der Waals surface area contributed by atoms with Gasteiger partial charge in [0.05, 0.1) is 0 Å². The number of carbonyl (C=O) groups excluding carboxylic acids is 1. The number of nitrogens with zero attached hydrogens (tertiary/aromatic N) is 4. The third-order valence-electron chi connectivity index (χ3n) is 4.32. The predicted octanol–water partition coefficient (Wildman–Crippen LogP) is 1.83. The average Bonchev–Trinajstić information content (AvgIpc) is 2.88. The highest BCUT2D eigenvalue weighted by Gasteiger charge is 2.23. The Morgan fingerprint density at radius 3 is 2.83 bits per heavy atom. The first-order valence-corrected chi connectivity index (χ1v) is 8.02. The Morgan fingerprint density at radius 1 is 1.35 bits per heavy atom. The van der Waals surface area contributed by atoms with E-state index in [-0.39, 0.29) is 11.9 Å². The first kappa shape index (κ1) is 15.5. The van der Waals surface area contributed by atoms with Crippen molar-refractivity contribution in [3.63, 3.8) is 0 Å². The number of hydrogen-bond donors (Lipinski definition) is 1. The van der Waals surface area contributed by atoms with Gasteiger partial charge in [-0.3, -0.25) is 9.48 Å². The number of pyridine rings is 1. The molecule has 0 aromatic carbocycles. The smallest absolute Gasteiger partial charge is 0.272 e. The molecule has 0 saturated carbocycles. The third-order valence-corrected chi connectivity index (χ3v) is 4.32. The maximum atomic E-state index is 12.3. The van der Waals surface area contributed by atoms with Crippen LogP contribution >= 0.6 is 0 Å². The lowest BCUT2D eigenvalue weighted by Crippen LogP contribution is -2.48. The molecule has 0 bridgehead atoms. The minimum atomic E-state index is -0.0996. The monoisotopic (exact) mass is 313 g/mol. The molecule has 0 aliphatic carbocycles. The van der Waals surface area contributed by atoms with E-state index in [1.807, 2.05) is 39.2 Å². The van der Waals surface area contributed by atoms with Crippen LogP contribution in [0, 0.1) is 13.8 Å². The second kappa shape index (κ2) is 6.40. The van der Waals surface area contributed by atoms with Crippen LogP contribution in [0.2, 0.25) is 0 Å². The Kier molecular flexibility index (Phi) is 4.32. The lowest BCUT2D eigenvalue weighted by atomic mass is 10.1. The Morgan fingerprint density at radius 2 is 2.17 bits per heavy atom. The molecule has 1 amide bonds. The molecule has 1 aliphatic heterocycles. The lowest BCUT2D eigenvalue weighted by molar-refractivity contribution is 0.0927. The zero-order chi connectivity index (χ0) is 16.4. The number of aromatic nitrogens is 3. The van der Waals surface area contributed by atoms with E-state index in [0.29, 0.717) is 5.69 Å². The molecule has 23 heavy (non-hydrogen) atoms. The minimum absolute atomic E-state index is 0.0996. The van der Waals surface area contributed by atoms with Crippen LogP contribution in [-0.4, -0.2) is 39.8 Å². The van der Waals surface area contributed by atoms with Crippen LogP contribution in [-0.2, 0) is 7.05 Å². The van der Waals surface area contributed by atoms with Crippen molar-refractivity contribution in [2.24, 2.45) is 7.05 Å². The SMILES string of the molecule is Cc1ccc(N2CCCC(NC(=O)c3cc(C)n(C)n3)C2)nc1. The summed E-state index contributed by atoms with van der Waals surface area (Å²) in [5, 5.41) is 7.34. The summed E-state index contributed by atoms with van der Waals surface area (Å²) < 4.78 is 1.72. The number of nitrogens with one attached hydrogen (secondary N) is 1. The van der Waals surface area contributed by atoms with Crippen molar-refractivity contribution in [3.05, 3.63) is 41.3 Å². The second-order valence-corrected chi connectivity index (χ2v) is 6.25. The molecule has 6 heteroatoms. The van der Waals surface area contributed by atoms with Crippen LogP contribution in [0.5, 0.6) is 0 Å². The van der Waals surface area contributed by atoms with Gasteiger partial charge in [-0.1, -0.05) is 6.07 Å². The molecule has 1 N–H and O–H groups in total. The molecule has 0 spiro atoms. The quantitative estimate of drug-likeness (QED) is 0.939. The van der Waals surface area contributed by atoms with Gasteiger partial charge in [0.15, 0.2) is 0 Å². The maximum absolute atomic E-state index is 12.3. The zero-order valence-electron chi connectivity index (χ0n) is 13.9. The summed E-state index contributed by atoms with van der Waals surface area (Å²) >= 11 is 0. The van der Waals surface area contributed by atoms with Gasteiger partial charge in [0.1, 0.15) is 11.5 Å². The second-order valence-electron chi connectivity index (χ2n) is 6.25. The molecule has 122 valence electrons. The van der Waals surface area contributed by atoms with Gasteiger partial charge in [0.2, 0.25) is 0 Å². The topological polar surface area (TPSA) is 63.1 Å². The minimum Gasteiger partial charge on any atom is -0.355 e. The first-order valence-electron chi connectivity index (χ1n) is 8.02. The molecule has 1 saturated heterocycles. The number of rotatable bonds is 3. The van der Waals surface area contributed by atoms with Crippen LogP contribution in [0.15, 0.2) is 24.4 Å². The normalized spacial score (nSPS) is 18.0. The van der Waals surface area contributed by atoms with E-state index in [0.717, 1.165) is 43.0 Å². The van der Waals surface area contributed by atoms with Gasteiger partial charge in [-0.25, -0.2) is 4.98 Å². The largest absolute Gasteiger partial charge is 0.355 e. The molecular weight excluding hydrogens is 290 g/mol. The summed E-state index contributed by atoms with van der Waals surface area (Å²) in [4.78, 5) is 19.1. The number of anilines is 1. The third kappa shape index (κ3) is 3.52. The van der Waals surface area contributed by atoms with Crippen LogP contribution in [0.1, 0.15) is 34.6 Å². The summed E-state index contributed by atoms with van der Waals surface area (Å²) in [5.74, 6) is 0.876. The van der Waals surface area contributed by atoms with Crippen molar-refractivity contribution in [3.8, 4) is 0 Å². The highest BCUT2D eigenvalue weighted by Crippen LogP contribution is 2.18. The summed E-state index contributed by atoms with van der Waals surface area (Å²) in [7, 11) is 1.84. The summed E-state index contributed by atoms with van der Waals surface area (Å²) in [5.41, 5.74) is 2.61. The van der Waals surface area contributed by atoms with E-state index < -0.39 is 0 Å². The van der Waals surface area contributed by atoms with Crippen molar-refractivity contribution in [1.29, 1.82) is 0 Å². The highest BCUT2D eigenvalue weighted by atomic mass is 16.2. The predicted molar refractivity (Wildman–Crippen MR) is 89.6 cm³/mol. The fourth-order valence-corrected chi connectivity index (χ4v) is 2.88. The standard InChI is InChI=1S/C17H23N5O/c1-12-6-7-16(18-10-12)22-8-4-5-14(11-22)19-17(23)15-9-13(2)21(3)20-15/h6-7,9-10,14H,4-5,8,11H2,1-3H3,(H,19,23). The number of piperidine rings is 1. The molecule has 1 fully saturated rings. The molecule has 3 heterocycles. The van der Waals surface area contributed by atoms with Gasteiger partial charge in [0.25, 0.3) is 5.91 Å². The molecule has 2 aromatic rings. The number of aryl methyl sites for hydroxylation is 3. The van der Waals surface area contributed by atoms with Crippen molar-refractivity contribution in [1.82, 2.24) is 20.1 Å². The molecule has 1 aliphatic rings. The van der Waals surface area contributed by atoms with Crippen molar-refractivity contribution >= 4 is 11.7 Å². The van der Waals surface area contributed by atoms with Gasteiger partial charge in [-0.05, 0) is 44.4 Å². The van der Waals surface area contributed by atoms with Crippen LogP contribution in [0.25, 0.3) is 0 Å². The average molecular weight is 313 g/mol. The molecule has 1 atom stereocenters. The van der Waals surface area contributed by atoms with Crippen LogP contribution in [0.4, 0.5) is 5.82 Å². The number of hydrogen-bond acceptors (Lipinski definition) is 4. The lowest BCUT2D eigenvalue weighted by Gasteiger charge is -2.33. The van der Waals surface area contributed by atoms with Crippen molar-refractivity contribution < 1.29 is 4.79 Å². The van der Waals surface area contributed by atoms with Crippen LogP contribution in [0.3, 0.4) is 0 Å². The fraction of sp³-hybridized carbons (Fsp3) is 0.471. The summed E-state index contributed by atoms with van der Waals surface area (Å²) in [6, 6.07) is 6.06. The Balaban J connectivity index is 1.64. The van der Waals surface area contributed by atoms with Gasteiger partial charge in [0, 0.05) is 38.1 Å². The molecule has 2 aromatic heterocycles. The molecule has 3 rings (SSSR count).